The third-order valence-electron chi connectivity index (χ3n) is 8.81. The summed E-state index contributed by atoms with van der Waals surface area (Å²) >= 11 is -4.39. The summed E-state index contributed by atoms with van der Waals surface area (Å²) < 4.78 is 8.71. The zero-order valence-electron chi connectivity index (χ0n) is 27.4. The van der Waals surface area contributed by atoms with Crippen LogP contribution in [0.25, 0.3) is 0 Å². The van der Waals surface area contributed by atoms with E-state index in [2.05, 4.69) is 77.9 Å². The Bertz CT molecular complexity index is 1530. The van der Waals surface area contributed by atoms with E-state index in [9.17, 15) is 24.9 Å². The van der Waals surface area contributed by atoms with Crippen molar-refractivity contribution >= 4 is 36.1 Å². The molecule has 0 aliphatic heterocycles. The van der Waals surface area contributed by atoms with Crippen LogP contribution in [0, 0.1) is 15.0 Å². The van der Waals surface area contributed by atoms with Gasteiger partial charge in [-0.15, -0.1) is 0 Å². The Hall–Kier alpha value is -4.05. The molecule has 0 saturated heterocycles. The zero-order valence-corrected chi connectivity index (χ0v) is 30.3. The van der Waals surface area contributed by atoms with Crippen LogP contribution in [0.5, 0.6) is 0 Å². The van der Waals surface area contributed by atoms with Crippen molar-refractivity contribution in [1.29, 1.82) is 0 Å². The van der Waals surface area contributed by atoms with Crippen LogP contribution in [0.3, 0.4) is 0 Å². The summed E-state index contributed by atoms with van der Waals surface area (Å²) in [7, 11) is 0. The van der Waals surface area contributed by atoms with E-state index in [0.29, 0.717) is 18.2 Å². The van der Waals surface area contributed by atoms with Crippen LogP contribution in [0.4, 0.5) is 11.4 Å². The molecule has 0 aliphatic rings. The predicted octanol–water partition coefficient (Wildman–Crippen LogP) is 9.51. The molecule has 8 nitrogen and oxygen atoms in total. The molecule has 0 bridgehead atoms. The van der Waals surface area contributed by atoms with E-state index in [1.807, 2.05) is 54.6 Å². The molecular weight excluding hydrogens is 687 g/mol. The van der Waals surface area contributed by atoms with Crippen molar-refractivity contribution in [3.8, 4) is 0 Å². The number of nitrogens with zero attached hydrogens (tertiary/aromatic N) is 2. The fraction of sp³-hybridized carbons (Fsp3) is 0.324. The van der Waals surface area contributed by atoms with Crippen LogP contribution in [0.15, 0.2) is 109 Å². The van der Waals surface area contributed by atoms with Crippen LogP contribution < -0.4 is 0 Å². The van der Waals surface area contributed by atoms with E-state index in [4.69, 9.17) is 3.17 Å². The molecule has 0 fully saturated rings. The molecule has 4 aromatic rings. The monoisotopic (exact) mass is 731 g/mol. The van der Waals surface area contributed by atoms with Gasteiger partial charge in [-0.25, -0.2) is 0 Å². The zero-order chi connectivity index (χ0) is 33.8. The van der Waals surface area contributed by atoms with Gasteiger partial charge in [0.15, 0.2) is 0 Å². The Morgan fingerprint density at radius 2 is 1.00 bits per heavy atom. The second-order valence-electron chi connectivity index (χ2n) is 14.1. The number of hydrogen-bond donors (Lipinski definition) is 1. The molecule has 9 heteroatoms. The Labute approximate surface area is 275 Å². The average molecular weight is 730 g/mol. The van der Waals surface area contributed by atoms with Crippen LogP contribution in [-0.2, 0) is 19.4 Å². The standard InChI is InChI=1S/3C10H13.C7H4N2O6.Sn/c3*1-10(2,3)9-7-5-4-6-8-9;10-7(11)4-1-5(8(12)13)3-6(2-4)9(14)15;/h3*4-8H,1H2,2-3H3;1-3H,(H,10,11);/q;;;;+1. The number of nitro groups is 1. The molecule has 0 atom stereocenters. The molecule has 240 valence electrons. The quantitative estimate of drug-likeness (QED) is 0.0787. The van der Waals surface area contributed by atoms with Gasteiger partial charge in [-0.05, 0) is 0 Å². The fourth-order valence-corrected chi connectivity index (χ4v) is 25.3. The van der Waals surface area contributed by atoms with Gasteiger partial charge in [-0.2, -0.15) is 0 Å². The Morgan fingerprint density at radius 3 is 1.33 bits per heavy atom. The summed E-state index contributed by atoms with van der Waals surface area (Å²) in [5, 5.41) is 21.4. The molecule has 0 aliphatic carbocycles. The third-order valence-corrected chi connectivity index (χ3v) is 23.5. The van der Waals surface area contributed by atoms with Crippen molar-refractivity contribution < 1.29 is 22.9 Å². The summed E-state index contributed by atoms with van der Waals surface area (Å²) in [6.07, 6.45) is 0. The van der Waals surface area contributed by atoms with Crippen LogP contribution >= 0.6 is 0 Å². The van der Waals surface area contributed by atoms with Gasteiger partial charge in [-0.1, -0.05) is 0 Å². The predicted molar refractivity (Wildman–Crippen MR) is 183 cm³/mol. The van der Waals surface area contributed by atoms with Crippen molar-refractivity contribution in [2.24, 2.45) is 0 Å². The molecule has 0 unspecified atom stereocenters. The first kappa shape index (κ1) is 34.8. The number of benzene rings is 4. The Kier molecular flexibility index (Phi) is 10.4. The topological polar surface area (TPSA) is 110 Å². The van der Waals surface area contributed by atoms with Gasteiger partial charge in [-0.3, -0.25) is 0 Å². The van der Waals surface area contributed by atoms with E-state index in [0.717, 1.165) is 34.9 Å². The molecule has 46 heavy (non-hydrogen) atoms. The Balaban J connectivity index is 1.93. The first-order chi connectivity index (χ1) is 21.5. The summed E-state index contributed by atoms with van der Waals surface area (Å²) in [5.74, 6) is -1.37. The van der Waals surface area contributed by atoms with Gasteiger partial charge < -0.3 is 0 Å². The maximum atomic E-state index is 14.2. The van der Waals surface area contributed by atoms with E-state index < -0.39 is 35.4 Å². The summed E-state index contributed by atoms with van der Waals surface area (Å²) in [6, 6.07) is 33.7. The number of non-ortho nitro benzene ring substituents is 1. The van der Waals surface area contributed by atoms with Crippen LogP contribution in [0.1, 0.15) is 68.6 Å². The second-order valence-corrected chi connectivity index (χ2v) is 24.4. The van der Waals surface area contributed by atoms with Crippen molar-refractivity contribution in [2.45, 2.75) is 71.1 Å². The number of carboxylic acids is 1. The normalized spacial score (nSPS) is 12.4. The molecule has 0 saturated carbocycles. The number of carboxylic acid groups (broad SMARTS) is 1. The first-order valence-corrected chi connectivity index (χ1v) is 22.6. The van der Waals surface area contributed by atoms with Crippen LogP contribution in [0.2, 0.25) is 13.3 Å². The number of nitro benzene ring substituents is 1. The summed E-state index contributed by atoms with van der Waals surface area (Å²) in [6.45, 7) is 13.0. The molecule has 1 N–H and O–H groups in total. The molecule has 0 aromatic heterocycles. The molecule has 0 spiro atoms. The minimum atomic E-state index is -4.39. The molecular formula is C37H43N2O6Sn+. The van der Waals surface area contributed by atoms with Crippen molar-refractivity contribution in [3.63, 3.8) is 0 Å². The van der Waals surface area contributed by atoms with Gasteiger partial charge in [0, 0.05) is 0 Å². The van der Waals surface area contributed by atoms with Gasteiger partial charge >= 0.3 is 277 Å². The van der Waals surface area contributed by atoms with Crippen molar-refractivity contribution in [3.05, 3.63) is 146 Å². The van der Waals surface area contributed by atoms with E-state index in [1.54, 1.807) is 0 Å². The summed E-state index contributed by atoms with van der Waals surface area (Å²) in [5.41, 5.74) is 1.17. The summed E-state index contributed by atoms with van der Waals surface area (Å²) in [4.78, 5) is 37.5. The van der Waals surface area contributed by atoms with Gasteiger partial charge in [0.1, 0.15) is 0 Å². The van der Waals surface area contributed by atoms with Crippen molar-refractivity contribution in [2.75, 3.05) is 0 Å². The minimum absolute atomic E-state index is 0.208. The molecule has 0 amide bonds. The van der Waals surface area contributed by atoms with E-state index >= 15 is 0 Å². The number of aromatic carboxylic acids is 1. The van der Waals surface area contributed by atoms with Crippen molar-refractivity contribution in [1.82, 2.24) is 0 Å². The van der Waals surface area contributed by atoms with Crippen LogP contribution in [-0.4, -0.2) is 39.7 Å². The van der Waals surface area contributed by atoms with Gasteiger partial charge in [0.25, 0.3) is 0 Å². The van der Waals surface area contributed by atoms with Gasteiger partial charge in [0.05, 0.1) is 0 Å². The fourth-order valence-electron chi connectivity index (χ4n) is 6.83. The first-order valence-electron chi connectivity index (χ1n) is 15.4. The molecule has 4 rings (SSSR count). The molecule has 0 radical (unpaired) electrons. The number of carbonyl (C=O) groups is 1. The number of hydrogen-bond acceptors (Lipinski definition) is 5. The number of rotatable bonds is 14. The SMILES string of the molecule is CC(C)([CH2][Sn]([CH2]C(C)(C)c1ccccc1)([CH2]C(C)(C)c1ccccc1)[O][N+](=O)c1cc(C(=O)O)cc([N+](=O)[O-])c1)c1ccccc1. The van der Waals surface area contributed by atoms with E-state index in [-0.39, 0.29) is 27.5 Å². The second kappa shape index (κ2) is 13.7. The molecule has 0 heterocycles. The molecule has 4 aromatic carbocycles. The Morgan fingerprint density at radius 1 is 0.652 bits per heavy atom. The van der Waals surface area contributed by atoms with E-state index in [1.165, 1.54) is 0 Å². The maximum absolute atomic E-state index is 14.2. The third kappa shape index (κ3) is 8.40. The van der Waals surface area contributed by atoms with Gasteiger partial charge in [0.2, 0.25) is 0 Å². The average Bonchev–Trinajstić information content (AvgIpc) is 3.01.